The Labute approximate surface area is 199 Å². The third-order valence-corrected chi connectivity index (χ3v) is 6.43. The van der Waals surface area contributed by atoms with E-state index in [4.69, 9.17) is 0 Å². The van der Waals surface area contributed by atoms with Gasteiger partial charge in [-0.25, -0.2) is 4.39 Å². The number of hydrogen-bond acceptors (Lipinski definition) is 5. The lowest BCUT2D eigenvalue weighted by molar-refractivity contribution is -0.138. The number of benzene rings is 2. The monoisotopic (exact) mass is 465 g/mol. The number of carbonyl (C=O) groups excluding carboxylic acids is 2. The van der Waals surface area contributed by atoms with Crippen molar-refractivity contribution in [2.24, 2.45) is 0 Å². The predicted octanol–water partition coefficient (Wildman–Crippen LogP) is 3.11. The van der Waals surface area contributed by atoms with E-state index in [-0.39, 0.29) is 31.2 Å². The van der Waals surface area contributed by atoms with Gasteiger partial charge in [0.05, 0.1) is 24.7 Å². The lowest BCUT2D eigenvalue weighted by Crippen LogP contribution is -2.47. The van der Waals surface area contributed by atoms with Gasteiger partial charge in [-0.3, -0.25) is 9.59 Å². The Morgan fingerprint density at radius 3 is 2.56 bits per heavy atom. The first-order valence-electron chi connectivity index (χ1n) is 11.7. The molecule has 0 bridgehead atoms. The van der Waals surface area contributed by atoms with Crippen molar-refractivity contribution in [1.82, 2.24) is 26.6 Å². The first kappa shape index (κ1) is 23.8. The van der Waals surface area contributed by atoms with Crippen LogP contribution >= 0.6 is 0 Å². The zero-order chi connectivity index (χ0) is 24.2. The number of hydrazine groups is 2. The zero-order valence-corrected chi connectivity index (χ0v) is 19.8. The van der Waals surface area contributed by atoms with Gasteiger partial charge in [0.15, 0.2) is 0 Å². The second kappa shape index (κ2) is 10.3. The zero-order valence-electron chi connectivity index (χ0n) is 19.8. The molecule has 8 heteroatoms. The van der Waals surface area contributed by atoms with E-state index in [1.165, 1.54) is 10.5 Å². The minimum Gasteiger partial charge on any atom is -0.343 e. The predicted molar refractivity (Wildman–Crippen MR) is 129 cm³/mol. The van der Waals surface area contributed by atoms with Crippen LogP contribution in [0.2, 0.25) is 0 Å². The van der Waals surface area contributed by atoms with Gasteiger partial charge in [-0.05, 0) is 35.1 Å². The van der Waals surface area contributed by atoms with Crippen LogP contribution < -0.4 is 21.7 Å². The second-order valence-electron chi connectivity index (χ2n) is 9.26. The molecule has 34 heavy (non-hydrogen) atoms. The van der Waals surface area contributed by atoms with Crippen molar-refractivity contribution >= 4 is 11.8 Å². The van der Waals surface area contributed by atoms with Crippen LogP contribution in [-0.2, 0) is 9.59 Å². The molecule has 0 aliphatic carbocycles. The molecule has 1 fully saturated rings. The van der Waals surface area contributed by atoms with Crippen molar-refractivity contribution in [2.45, 2.75) is 57.8 Å². The van der Waals surface area contributed by atoms with E-state index in [1.807, 2.05) is 36.4 Å². The molecule has 3 atom stereocenters. The van der Waals surface area contributed by atoms with E-state index in [0.29, 0.717) is 11.6 Å². The smallest absolute Gasteiger partial charge is 0.243 e. The number of amides is 2. The van der Waals surface area contributed by atoms with Gasteiger partial charge >= 0.3 is 0 Å². The third-order valence-electron chi connectivity index (χ3n) is 6.43. The van der Waals surface area contributed by atoms with Crippen molar-refractivity contribution < 1.29 is 14.0 Å². The number of halogens is 1. The van der Waals surface area contributed by atoms with Crippen molar-refractivity contribution in [3.8, 4) is 0 Å². The molecule has 7 nitrogen and oxygen atoms in total. The summed E-state index contributed by atoms with van der Waals surface area (Å²) >= 11 is 0. The van der Waals surface area contributed by atoms with Crippen LogP contribution in [0.3, 0.4) is 0 Å². The van der Waals surface area contributed by atoms with Gasteiger partial charge in [0.1, 0.15) is 12.2 Å². The van der Waals surface area contributed by atoms with E-state index >= 15 is 0 Å². The normalized spacial score (nSPS) is 20.5. The fourth-order valence-corrected chi connectivity index (χ4v) is 4.71. The number of hydrogen-bond donors (Lipinski definition) is 4. The first-order valence-corrected chi connectivity index (χ1v) is 11.7. The van der Waals surface area contributed by atoms with Crippen LogP contribution in [0.4, 0.5) is 4.39 Å². The lowest BCUT2D eigenvalue weighted by atomic mass is 9.91. The molecule has 4 N–H and O–H groups in total. The van der Waals surface area contributed by atoms with Gasteiger partial charge in [0.2, 0.25) is 11.8 Å². The van der Waals surface area contributed by atoms with Crippen LogP contribution in [0, 0.1) is 6.92 Å². The quantitative estimate of drug-likeness (QED) is 0.505. The summed E-state index contributed by atoms with van der Waals surface area (Å²) in [5, 5.41) is 3.11. The minimum absolute atomic E-state index is 0.00657. The summed E-state index contributed by atoms with van der Waals surface area (Å²) < 4.78 is 14.4. The Morgan fingerprint density at radius 2 is 1.91 bits per heavy atom. The average Bonchev–Trinajstić information content (AvgIpc) is 3.47. The highest BCUT2D eigenvalue weighted by molar-refractivity contribution is 5.89. The van der Waals surface area contributed by atoms with Crippen LogP contribution in [0.15, 0.2) is 60.4 Å². The highest BCUT2D eigenvalue weighted by atomic mass is 19.1. The highest BCUT2D eigenvalue weighted by Gasteiger charge is 2.40. The Balaban J connectivity index is 1.57. The topological polar surface area (TPSA) is 85.5 Å². The summed E-state index contributed by atoms with van der Waals surface area (Å²) in [6.07, 6.45) is 0.441. The molecule has 2 aromatic carbocycles. The summed E-state index contributed by atoms with van der Waals surface area (Å²) in [6.45, 7) is 6.30. The van der Waals surface area contributed by atoms with Crippen molar-refractivity contribution in [3.05, 3.63) is 82.7 Å². The molecule has 1 saturated heterocycles. The van der Waals surface area contributed by atoms with Gasteiger partial charge in [-0.2, -0.15) is 5.53 Å². The summed E-state index contributed by atoms with van der Waals surface area (Å²) in [4.78, 5) is 27.7. The molecule has 0 radical (unpaired) electrons. The van der Waals surface area contributed by atoms with Gasteiger partial charge in [-0.15, -0.1) is 0 Å². The van der Waals surface area contributed by atoms with Gasteiger partial charge in [0, 0.05) is 12.6 Å². The number of likely N-dealkylation sites (tertiary alicyclic amines) is 1. The molecule has 4 rings (SSSR count). The largest absolute Gasteiger partial charge is 0.343 e. The molecule has 2 aliphatic heterocycles. The molecule has 0 spiro atoms. The van der Waals surface area contributed by atoms with Crippen molar-refractivity contribution in [2.75, 3.05) is 6.54 Å². The number of rotatable bonds is 7. The second-order valence-corrected chi connectivity index (χ2v) is 9.26. The van der Waals surface area contributed by atoms with Crippen LogP contribution in [-0.4, -0.2) is 35.5 Å². The SMILES string of the molecule is Cc1cc([C@@H](NC(=O)[C@@H]2C[C@@H](F)CN2C(=O)CC2=CNNN2)c2ccccc2)ccc1C(C)C. The van der Waals surface area contributed by atoms with E-state index in [9.17, 15) is 14.0 Å². The fraction of sp³-hybridized carbons (Fsp3) is 0.385. The number of nitrogens with zero attached hydrogens (tertiary/aromatic N) is 1. The molecular formula is C26H32FN5O2. The third kappa shape index (κ3) is 5.22. The molecule has 0 unspecified atom stereocenters. The standard InChI is InChI=1S/C26H32FN5O2/c1-16(2)22-10-9-19(11-17(22)3)25(18-7-5-4-6-8-18)29-26(34)23-12-20(27)15-32(23)24(33)13-21-14-28-31-30-21/h4-11,14,16,20,23,25,28,30-31H,12-13,15H2,1-3H3,(H,29,34)/t20-,23+,25+/m1/s1. The lowest BCUT2D eigenvalue weighted by Gasteiger charge is -2.27. The summed E-state index contributed by atoms with van der Waals surface area (Å²) in [5.74, 6) is -0.247. The fourth-order valence-electron chi connectivity index (χ4n) is 4.71. The van der Waals surface area contributed by atoms with Crippen LogP contribution in [0.5, 0.6) is 0 Å². The van der Waals surface area contributed by atoms with E-state index in [1.54, 1.807) is 6.20 Å². The molecular weight excluding hydrogens is 433 g/mol. The van der Waals surface area contributed by atoms with Gasteiger partial charge < -0.3 is 21.1 Å². The van der Waals surface area contributed by atoms with E-state index in [2.05, 4.69) is 54.6 Å². The van der Waals surface area contributed by atoms with Crippen molar-refractivity contribution in [3.63, 3.8) is 0 Å². The minimum atomic E-state index is -1.23. The molecule has 0 aromatic heterocycles. The molecule has 2 amide bonds. The van der Waals surface area contributed by atoms with E-state index in [0.717, 1.165) is 16.7 Å². The summed E-state index contributed by atoms with van der Waals surface area (Å²) in [7, 11) is 0. The first-order chi connectivity index (χ1) is 16.3. The molecule has 2 heterocycles. The van der Waals surface area contributed by atoms with Crippen LogP contribution in [0.25, 0.3) is 0 Å². The molecule has 2 aromatic rings. The summed E-state index contributed by atoms with van der Waals surface area (Å²) in [6, 6.07) is 14.7. The number of alkyl halides is 1. The Hall–Kier alpha value is -3.39. The Morgan fingerprint density at radius 1 is 1.15 bits per heavy atom. The molecule has 2 aliphatic rings. The van der Waals surface area contributed by atoms with Crippen LogP contribution in [0.1, 0.15) is 60.9 Å². The molecule has 0 saturated carbocycles. The highest BCUT2D eigenvalue weighted by Crippen LogP contribution is 2.29. The summed E-state index contributed by atoms with van der Waals surface area (Å²) in [5.41, 5.74) is 13.2. The number of nitrogens with one attached hydrogen (secondary N) is 4. The molecule has 180 valence electrons. The average molecular weight is 466 g/mol. The van der Waals surface area contributed by atoms with E-state index < -0.39 is 18.3 Å². The maximum Gasteiger partial charge on any atom is 0.243 e. The van der Waals surface area contributed by atoms with Gasteiger partial charge in [0.25, 0.3) is 0 Å². The Bertz CT molecular complexity index is 1070. The Kier molecular flexibility index (Phi) is 7.17. The maximum absolute atomic E-state index is 14.4. The number of carbonyl (C=O) groups is 2. The van der Waals surface area contributed by atoms with Gasteiger partial charge in [-0.1, -0.05) is 62.4 Å². The number of aryl methyl sites for hydroxylation is 1. The van der Waals surface area contributed by atoms with Crippen molar-refractivity contribution in [1.29, 1.82) is 0 Å². The maximum atomic E-state index is 14.4.